The van der Waals surface area contributed by atoms with Gasteiger partial charge in [-0.15, -0.1) is 0 Å². The van der Waals surface area contributed by atoms with Crippen molar-refractivity contribution >= 4 is 27.7 Å². The first kappa shape index (κ1) is 16.8. The van der Waals surface area contributed by atoms with Gasteiger partial charge in [0, 0.05) is 60.0 Å². The van der Waals surface area contributed by atoms with Crippen LogP contribution < -0.4 is 0 Å². The average Bonchev–Trinajstić information content (AvgIpc) is 3.09. The van der Waals surface area contributed by atoms with Gasteiger partial charge in [-0.2, -0.15) is 13.2 Å². The number of aromatic amines is 1. The average molecular weight is 362 g/mol. The Morgan fingerprint density at radius 3 is 2.96 bits per heavy atom. The van der Waals surface area contributed by atoms with E-state index in [1.54, 1.807) is 24.8 Å². The Bertz CT molecular complexity index is 966. The predicted octanol–water partition coefficient (Wildman–Crippen LogP) is 3.77. The summed E-state index contributed by atoms with van der Waals surface area (Å²) >= 11 is 0. The lowest BCUT2D eigenvalue weighted by Gasteiger charge is -2.33. The van der Waals surface area contributed by atoms with Crippen molar-refractivity contribution in [3.05, 3.63) is 36.4 Å². The van der Waals surface area contributed by atoms with Crippen molar-refractivity contribution in [3.8, 4) is 0 Å². The monoisotopic (exact) mass is 362 g/mol. The summed E-state index contributed by atoms with van der Waals surface area (Å²) in [6.07, 6.45) is 2.64. The van der Waals surface area contributed by atoms with Crippen LogP contribution in [0.4, 0.5) is 13.2 Å². The lowest BCUT2D eigenvalue weighted by molar-refractivity contribution is -0.162. The van der Waals surface area contributed by atoms with Crippen LogP contribution in [0.15, 0.2) is 30.9 Å². The fourth-order valence-electron chi connectivity index (χ4n) is 3.76. The molecule has 3 aromatic heterocycles. The topological polar surface area (TPSA) is 61.9 Å². The molecule has 0 aromatic carbocycles. The lowest BCUT2D eigenvalue weighted by Crippen LogP contribution is -2.40. The van der Waals surface area contributed by atoms with Crippen molar-refractivity contribution in [1.29, 1.82) is 0 Å². The normalized spacial score (nSPS) is 18.6. The summed E-state index contributed by atoms with van der Waals surface area (Å²) in [6.45, 7) is 0.647. The van der Waals surface area contributed by atoms with Crippen LogP contribution in [0.5, 0.6) is 0 Å². The maximum Gasteiger partial charge on any atom is 0.397 e. The number of piperidine rings is 1. The van der Waals surface area contributed by atoms with Crippen molar-refractivity contribution in [1.82, 2.24) is 19.9 Å². The SMILES string of the molecule is O=C(CC(F)(F)F)N1CCCC(c2cncc3cnc4[nH]ccc4c23)C1. The van der Waals surface area contributed by atoms with Crippen LogP contribution in [0.25, 0.3) is 21.8 Å². The molecule has 0 aliphatic carbocycles. The van der Waals surface area contributed by atoms with E-state index >= 15 is 0 Å². The number of carbonyl (C=O) groups excluding carboxylic acids is 1. The molecule has 26 heavy (non-hydrogen) atoms. The fraction of sp³-hybridized carbons (Fsp3) is 0.389. The summed E-state index contributed by atoms with van der Waals surface area (Å²) in [5.74, 6) is -0.901. The van der Waals surface area contributed by atoms with Crippen molar-refractivity contribution in [2.45, 2.75) is 31.4 Å². The molecule has 1 unspecified atom stereocenters. The van der Waals surface area contributed by atoms with Crippen LogP contribution in [0, 0.1) is 0 Å². The van der Waals surface area contributed by atoms with Gasteiger partial charge >= 0.3 is 6.18 Å². The number of H-pyrrole nitrogens is 1. The summed E-state index contributed by atoms with van der Waals surface area (Å²) in [5, 5.41) is 2.84. The van der Waals surface area contributed by atoms with Gasteiger partial charge in [0.1, 0.15) is 12.1 Å². The van der Waals surface area contributed by atoms with E-state index in [2.05, 4.69) is 15.0 Å². The minimum Gasteiger partial charge on any atom is -0.346 e. The molecular formula is C18H17F3N4O. The summed E-state index contributed by atoms with van der Waals surface area (Å²) in [5.41, 5.74) is 1.71. The standard InChI is InChI=1S/C18H17F3N4O/c19-18(20,21)6-15(26)25-5-1-2-11(10-25)14-9-22-7-12-8-24-17-13(16(12)14)3-4-23-17/h3-4,7-9,11H,1-2,5-6,10H2,(H,23,24). The molecule has 1 amide bonds. The molecule has 5 nitrogen and oxygen atoms in total. The Morgan fingerprint density at radius 2 is 2.15 bits per heavy atom. The number of fused-ring (bicyclic) bond motifs is 3. The minimum atomic E-state index is -4.48. The highest BCUT2D eigenvalue weighted by atomic mass is 19.4. The molecule has 0 spiro atoms. The van der Waals surface area contributed by atoms with Gasteiger partial charge in [0.2, 0.25) is 5.91 Å². The zero-order valence-electron chi connectivity index (χ0n) is 13.9. The van der Waals surface area contributed by atoms with Crippen LogP contribution in [-0.4, -0.2) is 45.0 Å². The van der Waals surface area contributed by atoms with Gasteiger partial charge < -0.3 is 9.88 Å². The number of amides is 1. The molecule has 1 aliphatic heterocycles. The lowest BCUT2D eigenvalue weighted by atomic mass is 9.88. The molecule has 4 heterocycles. The Hall–Kier alpha value is -2.64. The number of alkyl halides is 3. The molecule has 1 N–H and O–H groups in total. The van der Waals surface area contributed by atoms with Crippen molar-refractivity contribution < 1.29 is 18.0 Å². The first-order valence-electron chi connectivity index (χ1n) is 8.46. The van der Waals surface area contributed by atoms with Crippen molar-refractivity contribution in [2.75, 3.05) is 13.1 Å². The second-order valence-corrected chi connectivity index (χ2v) is 6.66. The van der Waals surface area contributed by atoms with Gasteiger partial charge in [-0.3, -0.25) is 9.78 Å². The highest BCUT2D eigenvalue weighted by molar-refractivity contribution is 6.06. The summed E-state index contributed by atoms with van der Waals surface area (Å²) in [4.78, 5) is 25.0. The highest BCUT2D eigenvalue weighted by Gasteiger charge is 2.35. The van der Waals surface area contributed by atoms with Crippen LogP contribution in [0.3, 0.4) is 0 Å². The number of hydrogen-bond donors (Lipinski definition) is 1. The highest BCUT2D eigenvalue weighted by Crippen LogP contribution is 2.35. The minimum absolute atomic E-state index is 0.0439. The summed E-state index contributed by atoms with van der Waals surface area (Å²) in [7, 11) is 0. The van der Waals surface area contributed by atoms with E-state index in [9.17, 15) is 18.0 Å². The van der Waals surface area contributed by atoms with Crippen LogP contribution in [0.1, 0.15) is 30.7 Å². The molecule has 3 aromatic rings. The van der Waals surface area contributed by atoms with Gasteiger partial charge in [-0.05, 0) is 24.5 Å². The maximum absolute atomic E-state index is 12.6. The largest absolute Gasteiger partial charge is 0.397 e. The second kappa shape index (κ2) is 6.26. The van der Waals surface area contributed by atoms with E-state index in [1.165, 1.54) is 4.90 Å². The summed E-state index contributed by atoms with van der Waals surface area (Å²) < 4.78 is 37.7. The molecule has 0 bridgehead atoms. The number of rotatable bonds is 2. The number of likely N-dealkylation sites (tertiary alicyclic amines) is 1. The molecule has 1 saturated heterocycles. The van der Waals surface area contributed by atoms with Gasteiger partial charge in [0.25, 0.3) is 0 Å². The second-order valence-electron chi connectivity index (χ2n) is 6.66. The molecule has 4 rings (SSSR count). The third kappa shape index (κ3) is 3.11. The predicted molar refractivity (Wildman–Crippen MR) is 90.6 cm³/mol. The molecular weight excluding hydrogens is 345 g/mol. The van der Waals surface area contributed by atoms with Gasteiger partial charge in [0.15, 0.2) is 0 Å². The first-order valence-corrected chi connectivity index (χ1v) is 8.46. The quantitative estimate of drug-likeness (QED) is 0.755. The Kier molecular flexibility index (Phi) is 4.05. The number of halogens is 3. The zero-order chi connectivity index (χ0) is 18.3. The number of carbonyl (C=O) groups is 1. The van der Waals surface area contributed by atoms with Crippen LogP contribution in [0.2, 0.25) is 0 Å². The number of nitrogens with one attached hydrogen (secondary N) is 1. The fourth-order valence-corrected chi connectivity index (χ4v) is 3.76. The van der Waals surface area contributed by atoms with E-state index < -0.39 is 18.5 Å². The molecule has 0 radical (unpaired) electrons. The Morgan fingerprint density at radius 1 is 1.31 bits per heavy atom. The third-order valence-corrected chi connectivity index (χ3v) is 4.90. The molecule has 1 aliphatic rings. The Labute approximate surface area is 147 Å². The van der Waals surface area contributed by atoms with E-state index in [1.807, 2.05) is 6.07 Å². The van der Waals surface area contributed by atoms with Crippen molar-refractivity contribution in [2.24, 2.45) is 0 Å². The summed E-state index contributed by atoms with van der Waals surface area (Å²) in [6, 6.07) is 1.93. The third-order valence-electron chi connectivity index (χ3n) is 4.90. The first-order chi connectivity index (χ1) is 12.4. The van der Waals surface area contributed by atoms with E-state index in [-0.39, 0.29) is 12.5 Å². The number of nitrogens with zero attached hydrogens (tertiary/aromatic N) is 3. The van der Waals surface area contributed by atoms with Crippen LogP contribution >= 0.6 is 0 Å². The molecule has 1 atom stereocenters. The number of hydrogen-bond acceptors (Lipinski definition) is 3. The smallest absolute Gasteiger partial charge is 0.346 e. The van der Waals surface area contributed by atoms with E-state index in [0.29, 0.717) is 13.0 Å². The van der Waals surface area contributed by atoms with Crippen molar-refractivity contribution in [3.63, 3.8) is 0 Å². The zero-order valence-corrected chi connectivity index (χ0v) is 13.9. The van der Waals surface area contributed by atoms with Crippen LogP contribution in [-0.2, 0) is 4.79 Å². The Balaban J connectivity index is 1.69. The van der Waals surface area contributed by atoms with Gasteiger partial charge in [-0.1, -0.05) is 0 Å². The number of pyridine rings is 2. The van der Waals surface area contributed by atoms with Gasteiger partial charge in [-0.25, -0.2) is 4.98 Å². The molecule has 1 fully saturated rings. The number of aromatic nitrogens is 3. The van der Waals surface area contributed by atoms with E-state index in [4.69, 9.17) is 0 Å². The molecule has 0 saturated carbocycles. The molecule has 8 heteroatoms. The van der Waals surface area contributed by atoms with Gasteiger partial charge in [0.05, 0.1) is 0 Å². The van der Waals surface area contributed by atoms with E-state index in [0.717, 1.165) is 33.8 Å². The molecule has 136 valence electrons. The maximum atomic E-state index is 12.6.